The Bertz CT molecular complexity index is 1000. The molecule has 0 atom stereocenters. The maximum atomic E-state index is 13.3. The number of nitrogens with zero attached hydrogens (tertiary/aromatic N) is 2. The predicted molar refractivity (Wildman–Crippen MR) is 107 cm³/mol. The van der Waals surface area contributed by atoms with E-state index in [1.807, 2.05) is 24.0 Å². The number of aryl methyl sites for hydroxylation is 1. The molecule has 0 saturated carbocycles. The van der Waals surface area contributed by atoms with E-state index in [-0.39, 0.29) is 5.69 Å². The Hall–Kier alpha value is -3.09. The fourth-order valence-corrected chi connectivity index (χ4v) is 3.94. The Balaban J connectivity index is 1.77. The van der Waals surface area contributed by atoms with Crippen molar-refractivity contribution in [1.29, 1.82) is 0 Å². The Kier molecular flexibility index (Phi) is 5.13. The van der Waals surface area contributed by atoms with Gasteiger partial charge in [-0.3, -0.25) is 9.59 Å². The SMILES string of the molecule is Cc1ccc(C2=C(N3CCCCC3)C(=O)N(c3ccc(C(F)(F)F)cc3)C2=O)cc1. The number of piperidine rings is 1. The van der Waals surface area contributed by atoms with Crippen LogP contribution in [0.2, 0.25) is 0 Å². The number of hydrogen-bond acceptors (Lipinski definition) is 3. The van der Waals surface area contributed by atoms with E-state index < -0.39 is 23.6 Å². The lowest BCUT2D eigenvalue weighted by Crippen LogP contribution is -2.37. The fourth-order valence-electron chi connectivity index (χ4n) is 3.94. The van der Waals surface area contributed by atoms with Crippen LogP contribution in [0.4, 0.5) is 18.9 Å². The lowest BCUT2D eigenvalue weighted by atomic mass is 10.0. The van der Waals surface area contributed by atoms with Crippen LogP contribution in [0.3, 0.4) is 0 Å². The minimum Gasteiger partial charge on any atom is -0.366 e. The van der Waals surface area contributed by atoms with Crippen molar-refractivity contribution in [2.75, 3.05) is 18.0 Å². The van der Waals surface area contributed by atoms with Crippen molar-refractivity contribution in [3.8, 4) is 0 Å². The molecule has 0 spiro atoms. The Morgan fingerprint density at radius 2 is 1.40 bits per heavy atom. The monoisotopic (exact) mass is 414 g/mol. The normalized spacial score (nSPS) is 17.9. The van der Waals surface area contributed by atoms with E-state index in [2.05, 4.69) is 0 Å². The summed E-state index contributed by atoms with van der Waals surface area (Å²) < 4.78 is 38.7. The summed E-state index contributed by atoms with van der Waals surface area (Å²) in [5.74, 6) is -0.999. The number of carbonyl (C=O) groups excluding carboxylic acids is 2. The van der Waals surface area contributed by atoms with Gasteiger partial charge in [-0.1, -0.05) is 29.8 Å². The van der Waals surface area contributed by atoms with Gasteiger partial charge < -0.3 is 4.90 Å². The quantitative estimate of drug-likeness (QED) is 0.679. The second-order valence-corrected chi connectivity index (χ2v) is 7.63. The number of anilines is 1. The maximum absolute atomic E-state index is 13.3. The predicted octanol–water partition coefficient (Wildman–Crippen LogP) is 4.78. The smallest absolute Gasteiger partial charge is 0.366 e. The molecular weight excluding hydrogens is 393 g/mol. The molecule has 0 aliphatic carbocycles. The first-order valence-corrected chi connectivity index (χ1v) is 9.89. The minimum atomic E-state index is -4.48. The number of amides is 2. The van der Waals surface area contributed by atoms with Crippen LogP contribution >= 0.6 is 0 Å². The summed E-state index contributed by atoms with van der Waals surface area (Å²) in [6.07, 6.45) is -1.57. The number of carbonyl (C=O) groups is 2. The number of benzene rings is 2. The zero-order valence-electron chi connectivity index (χ0n) is 16.5. The first-order chi connectivity index (χ1) is 14.3. The van der Waals surface area contributed by atoms with Crippen molar-refractivity contribution in [3.05, 3.63) is 70.9 Å². The standard InChI is InChI=1S/C23H21F3N2O2/c1-15-5-7-16(8-6-15)19-20(27-13-3-2-4-14-27)22(30)28(21(19)29)18-11-9-17(10-12-18)23(24,25)26/h5-12H,2-4,13-14H2,1H3. The van der Waals surface area contributed by atoms with Gasteiger partial charge in [0.2, 0.25) is 0 Å². The first kappa shape index (κ1) is 20.2. The average molecular weight is 414 g/mol. The number of halogens is 3. The molecule has 30 heavy (non-hydrogen) atoms. The van der Waals surface area contributed by atoms with E-state index in [4.69, 9.17) is 0 Å². The summed E-state index contributed by atoms with van der Waals surface area (Å²) in [6.45, 7) is 3.27. The highest BCUT2D eigenvalue weighted by molar-refractivity contribution is 6.45. The molecule has 2 heterocycles. The molecule has 1 fully saturated rings. The van der Waals surface area contributed by atoms with Crippen molar-refractivity contribution in [2.45, 2.75) is 32.4 Å². The van der Waals surface area contributed by atoms with Gasteiger partial charge in [0.1, 0.15) is 5.70 Å². The second-order valence-electron chi connectivity index (χ2n) is 7.63. The molecule has 0 radical (unpaired) electrons. The molecule has 2 amide bonds. The van der Waals surface area contributed by atoms with Gasteiger partial charge in [0, 0.05) is 13.1 Å². The fraction of sp³-hybridized carbons (Fsp3) is 0.304. The largest absolute Gasteiger partial charge is 0.416 e. The van der Waals surface area contributed by atoms with Gasteiger partial charge in [0.25, 0.3) is 11.8 Å². The molecule has 156 valence electrons. The highest BCUT2D eigenvalue weighted by Gasteiger charge is 2.43. The van der Waals surface area contributed by atoms with E-state index in [0.29, 0.717) is 29.9 Å². The molecule has 2 aliphatic heterocycles. The Morgan fingerprint density at radius 3 is 1.97 bits per heavy atom. The van der Waals surface area contributed by atoms with Gasteiger partial charge in [-0.15, -0.1) is 0 Å². The van der Waals surface area contributed by atoms with Gasteiger partial charge in [-0.2, -0.15) is 13.2 Å². The van der Waals surface area contributed by atoms with Crippen LogP contribution in [0.5, 0.6) is 0 Å². The third kappa shape index (κ3) is 3.60. The van der Waals surface area contributed by atoms with Crippen LogP contribution in [-0.4, -0.2) is 29.8 Å². The molecule has 2 aromatic rings. The van der Waals surface area contributed by atoms with Gasteiger partial charge in [0.05, 0.1) is 16.8 Å². The van der Waals surface area contributed by atoms with E-state index in [9.17, 15) is 22.8 Å². The number of likely N-dealkylation sites (tertiary alicyclic amines) is 1. The van der Waals surface area contributed by atoms with Crippen molar-refractivity contribution in [1.82, 2.24) is 4.90 Å². The van der Waals surface area contributed by atoms with Crippen molar-refractivity contribution in [3.63, 3.8) is 0 Å². The van der Waals surface area contributed by atoms with Gasteiger partial charge in [-0.25, -0.2) is 4.90 Å². The van der Waals surface area contributed by atoms with Crippen molar-refractivity contribution >= 4 is 23.1 Å². The summed E-state index contributed by atoms with van der Waals surface area (Å²) in [5.41, 5.74) is 1.61. The summed E-state index contributed by atoms with van der Waals surface area (Å²) in [5, 5.41) is 0. The van der Waals surface area contributed by atoms with E-state index in [0.717, 1.165) is 41.9 Å². The lowest BCUT2D eigenvalue weighted by Gasteiger charge is -2.29. The molecule has 2 aliphatic rings. The number of alkyl halides is 3. The van der Waals surface area contributed by atoms with Crippen LogP contribution in [0.25, 0.3) is 5.57 Å². The number of hydrogen-bond donors (Lipinski definition) is 0. The molecular formula is C23H21F3N2O2. The third-order valence-electron chi connectivity index (χ3n) is 5.52. The summed E-state index contributed by atoms with van der Waals surface area (Å²) >= 11 is 0. The van der Waals surface area contributed by atoms with Gasteiger partial charge >= 0.3 is 6.18 Å². The highest BCUT2D eigenvalue weighted by Crippen LogP contribution is 2.37. The van der Waals surface area contributed by atoms with Gasteiger partial charge in [-0.05, 0) is 56.0 Å². The van der Waals surface area contributed by atoms with E-state index >= 15 is 0 Å². The summed E-state index contributed by atoms with van der Waals surface area (Å²) in [4.78, 5) is 29.6. The molecule has 0 aromatic heterocycles. The highest BCUT2D eigenvalue weighted by atomic mass is 19.4. The van der Waals surface area contributed by atoms with Crippen LogP contribution < -0.4 is 4.90 Å². The zero-order valence-corrected chi connectivity index (χ0v) is 16.5. The molecule has 0 bridgehead atoms. The molecule has 4 nitrogen and oxygen atoms in total. The maximum Gasteiger partial charge on any atom is 0.416 e. The molecule has 0 unspecified atom stereocenters. The van der Waals surface area contributed by atoms with Crippen LogP contribution in [0, 0.1) is 6.92 Å². The second kappa shape index (κ2) is 7.63. The van der Waals surface area contributed by atoms with E-state index in [1.54, 1.807) is 12.1 Å². The summed E-state index contributed by atoms with van der Waals surface area (Å²) in [6, 6.07) is 11.5. The first-order valence-electron chi connectivity index (χ1n) is 9.89. The molecule has 2 aromatic carbocycles. The molecule has 0 N–H and O–H groups in total. The average Bonchev–Trinajstić information content (AvgIpc) is 2.99. The summed E-state index contributed by atoms with van der Waals surface area (Å²) in [7, 11) is 0. The lowest BCUT2D eigenvalue weighted by molar-refractivity contribution is -0.137. The molecule has 4 rings (SSSR count). The van der Waals surface area contributed by atoms with Crippen molar-refractivity contribution in [2.24, 2.45) is 0 Å². The van der Waals surface area contributed by atoms with Crippen LogP contribution in [0.15, 0.2) is 54.2 Å². The van der Waals surface area contributed by atoms with Crippen molar-refractivity contribution < 1.29 is 22.8 Å². The topological polar surface area (TPSA) is 40.6 Å². The molecule has 7 heteroatoms. The van der Waals surface area contributed by atoms with E-state index in [1.165, 1.54) is 12.1 Å². The Morgan fingerprint density at radius 1 is 0.800 bits per heavy atom. The van der Waals surface area contributed by atoms with Crippen LogP contribution in [-0.2, 0) is 15.8 Å². The zero-order chi connectivity index (χ0) is 21.5. The molecule has 1 saturated heterocycles. The van der Waals surface area contributed by atoms with Crippen LogP contribution in [0.1, 0.15) is 36.0 Å². The number of rotatable bonds is 3. The minimum absolute atomic E-state index is 0.134. The number of imide groups is 1. The van der Waals surface area contributed by atoms with Gasteiger partial charge in [0.15, 0.2) is 0 Å². The Labute approximate surface area is 172 Å². The third-order valence-corrected chi connectivity index (χ3v) is 5.52.